The zero-order valence-corrected chi connectivity index (χ0v) is 18.6. The van der Waals surface area contributed by atoms with Gasteiger partial charge in [0, 0.05) is 18.1 Å². The quantitative estimate of drug-likeness (QED) is 0.677. The molecule has 0 bridgehead atoms. The van der Waals surface area contributed by atoms with Gasteiger partial charge in [-0.2, -0.15) is 4.31 Å². The average molecular weight is 478 g/mol. The number of ether oxygens (including phenoxy) is 1. The van der Waals surface area contributed by atoms with Crippen LogP contribution in [0.4, 0.5) is 5.69 Å². The van der Waals surface area contributed by atoms with Gasteiger partial charge in [0.05, 0.1) is 33.7 Å². The molecule has 1 aliphatic rings. The molecule has 1 saturated heterocycles. The molecule has 1 heterocycles. The summed E-state index contributed by atoms with van der Waals surface area (Å²) in [5, 5.41) is 3.74. The first-order valence-electron chi connectivity index (χ1n) is 8.82. The van der Waals surface area contributed by atoms with E-state index in [0.717, 1.165) is 0 Å². The summed E-state index contributed by atoms with van der Waals surface area (Å²) in [5.41, 5.74) is 0.395. The predicted octanol–water partition coefficient (Wildman–Crippen LogP) is 4.69. The van der Waals surface area contributed by atoms with Crippen molar-refractivity contribution in [2.75, 3.05) is 25.5 Å². The van der Waals surface area contributed by atoms with Gasteiger partial charge in [-0.15, -0.1) is 0 Å². The molecule has 0 radical (unpaired) electrons. The van der Waals surface area contributed by atoms with Crippen molar-refractivity contribution in [3.63, 3.8) is 0 Å². The van der Waals surface area contributed by atoms with Gasteiger partial charge in [0.1, 0.15) is 5.75 Å². The Balaban J connectivity index is 1.76. The average Bonchev–Trinajstić information content (AvgIpc) is 2.70. The van der Waals surface area contributed by atoms with E-state index in [9.17, 15) is 13.2 Å². The number of methoxy groups -OCH3 is 1. The van der Waals surface area contributed by atoms with Gasteiger partial charge in [0.25, 0.3) is 0 Å². The summed E-state index contributed by atoms with van der Waals surface area (Å²) in [6.45, 7) is 0.393. The topological polar surface area (TPSA) is 75.7 Å². The third-order valence-corrected chi connectivity index (χ3v) is 7.42. The molecule has 1 amide bonds. The highest BCUT2D eigenvalue weighted by atomic mass is 35.5. The van der Waals surface area contributed by atoms with E-state index in [4.69, 9.17) is 39.5 Å². The van der Waals surface area contributed by atoms with E-state index in [0.29, 0.717) is 40.9 Å². The molecule has 6 nitrogen and oxygen atoms in total. The lowest BCUT2D eigenvalue weighted by Crippen LogP contribution is -2.43. The van der Waals surface area contributed by atoms with Crippen LogP contribution >= 0.6 is 34.8 Å². The molecular formula is C19H19Cl3N2O4S. The number of sulfonamides is 1. The van der Waals surface area contributed by atoms with Crippen molar-refractivity contribution in [1.29, 1.82) is 0 Å². The van der Waals surface area contributed by atoms with Gasteiger partial charge in [-0.05, 0) is 49.2 Å². The molecule has 0 saturated carbocycles. The van der Waals surface area contributed by atoms with Gasteiger partial charge >= 0.3 is 0 Å². The number of carbonyl (C=O) groups is 1. The maximum Gasteiger partial charge on any atom is 0.243 e. The van der Waals surface area contributed by atoms with E-state index in [2.05, 4.69) is 5.32 Å². The fraction of sp³-hybridized carbons (Fsp3) is 0.316. The van der Waals surface area contributed by atoms with Crippen molar-refractivity contribution in [2.45, 2.75) is 17.7 Å². The van der Waals surface area contributed by atoms with Gasteiger partial charge in [-0.3, -0.25) is 4.79 Å². The smallest absolute Gasteiger partial charge is 0.243 e. The Hall–Kier alpha value is -1.51. The minimum absolute atomic E-state index is 0.0576. The number of amides is 1. The monoisotopic (exact) mass is 476 g/mol. The first-order valence-corrected chi connectivity index (χ1v) is 11.4. The molecule has 1 fully saturated rings. The number of halogens is 3. The first-order chi connectivity index (χ1) is 13.7. The van der Waals surface area contributed by atoms with Gasteiger partial charge < -0.3 is 10.1 Å². The lowest BCUT2D eigenvalue weighted by Gasteiger charge is -2.31. The summed E-state index contributed by atoms with van der Waals surface area (Å²) >= 11 is 18.1. The number of hydrogen-bond donors (Lipinski definition) is 1. The Morgan fingerprint density at radius 2 is 1.90 bits per heavy atom. The second-order valence-corrected chi connectivity index (χ2v) is 9.80. The Morgan fingerprint density at radius 1 is 1.14 bits per heavy atom. The third kappa shape index (κ3) is 4.98. The van der Waals surface area contributed by atoms with Crippen molar-refractivity contribution in [3.8, 4) is 5.75 Å². The van der Waals surface area contributed by atoms with E-state index in [1.165, 1.54) is 29.6 Å². The number of benzene rings is 2. The molecule has 1 N–H and O–H groups in total. The molecule has 0 unspecified atom stereocenters. The first kappa shape index (κ1) is 22.2. The molecular weight excluding hydrogens is 459 g/mol. The number of hydrogen-bond acceptors (Lipinski definition) is 4. The van der Waals surface area contributed by atoms with Gasteiger partial charge in [-0.1, -0.05) is 34.8 Å². The van der Waals surface area contributed by atoms with Crippen molar-refractivity contribution < 1.29 is 17.9 Å². The van der Waals surface area contributed by atoms with E-state index in [1.54, 1.807) is 18.2 Å². The van der Waals surface area contributed by atoms with Crippen LogP contribution in [0.1, 0.15) is 12.8 Å². The summed E-state index contributed by atoms with van der Waals surface area (Å²) in [6, 6.07) is 9.06. The summed E-state index contributed by atoms with van der Waals surface area (Å²) in [7, 11) is -2.34. The standard InChI is InChI=1S/C19H19Cl3N2O4S/c1-28-18-7-5-14(10-16(18)22)29(26,27)24-8-2-3-12(11-24)19(25)23-17-9-13(20)4-6-15(17)21/h4-7,9-10,12H,2-3,8,11H2,1H3,(H,23,25)/t12-/m0/s1. The van der Waals surface area contributed by atoms with Crippen molar-refractivity contribution in [2.24, 2.45) is 5.92 Å². The Kier molecular flexibility index (Phi) is 6.96. The van der Waals surface area contributed by atoms with Crippen LogP contribution in [-0.4, -0.2) is 38.8 Å². The Morgan fingerprint density at radius 3 is 2.59 bits per heavy atom. The molecule has 2 aromatic rings. The Bertz CT molecular complexity index is 1030. The fourth-order valence-electron chi connectivity index (χ4n) is 3.16. The summed E-state index contributed by atoms with van der Waals surface area (Å²) in [6.07, 6.45) is 1.13. The zero-order valence-electron chi connectivity index (χ0n) is 15.5. The lowest BCUT2D eigenvalue weighted by atomic mass is 9.99. The van der Waals surface area contributed by atoms with Crippen LogP contribution < -0.4 is 10.1 Å². The molecule has 0 aromatic heterocycles. The molecule has 156 valence electrons. The normalized spacial score (nSPS) is 17.7. The van der Waals surface area contributed by atoms with Crippen molar-refractivity contribution in [1.82, 2.24) is 4.31 Å². The van der Waals surface area contributed by atoms with Gasteiger partial charge in [0.15, 0.2) is 0 Å². The zero-order chi connectivity index (χ0) is 21.2. The number of rotatable bonds is 5. The van der Waals surface area contributed by atoms with E-state index in [1.807, 2.05) is 0 Å². The number of nitrogens with zero attached hydrogens (tertiary/aromatic N) is 1. The molecule has 29 heavy (non-hydrogen) atoms. The van der Waals surface area contributed by atoms with Crippen LogP contribution in [0.15, 0.2) is 41.3 Å². The maximum atomic E-state index is 13.0. The minimum Gasteiger partial charge on any atom is -0.495 e. The molecule has 1 atom stereocenters. The minimum atomic E-state index is -3.80. The van der Waals surface area contributed by atoms with Crippen LogP contribution in [0.2, 0.25) is 15.1 Å². The van der Waals surface area contributed by atoms with Crippen molar-refractivity contribution in [3.05, 3.63) is 51.5 Å². The molecule has 0 spiro atoms. The largest absolute Gasteiger partial charge is 0.495 e. The second kappa shape index (κ2) is 9.10. The number of carbonyl (C=O) groups excluding carboxylic acids is 1. The van der Waals surface area contributed by atoms with E-state index < -0.39 is 15.9 Å². The molecule has 2 aromatic carbocycles. The lowest BCUT2D eigenvalue weighted by molar-refractivity contribution is -0.120. The maximum absolute atomic E-state index is 13.0. The van der Waals surface area contributed by atoms with E-state index in [-0.39, 0.29) is 22.4 Å². The van der Waals surface area contributed by atoms with Crippen LogP contribution in [0.3, 0.4) is 0 Å². The molecule has 0 aliphatic carbocycles. The van der Waals surface area contributed by atoms with Crippen LogP contribution in [0.25, 0.3) is 0 Å². The highest BCUT2D eigenvalue weighted by Crippen LogP contribution is 2.31. The van der Waals surface area contributed by atoms with Gasteiger partial charge in [0.2, 0.25) is 15.9 Å². The number of nitrogens with one attached hydrogen (secondary N) is 1. The highest BCUT2D eigenvalue weighted by Gasteiger charge is 2.33. The summed E-state index contributed by atoms with van der Waals surface area (Å²) < 4.78 is 32.4. The highest BCUT2D eigenvalue weighted by molar-refractivity contribution is 7.89. The second-order valence-electron chi connectivity index (χ2n) is 6.61. The molecule has 10 heteroatoms. The van der Waals surface area contributed by atoms with Crippen LogP contribution in [0, 0.1) is 5.92 Å². The molecule has 3 rings (SSSR count). The van der Waals surface area contributed by atoms with Gasteiger partial charge in [-0.25, -0.2) is 8.42 Å². The summed E-state index contributed by atoms with van der Waals surface area (Å²) in [5.74, 6) is -0.427. The van der Waals surface area contributed by atoms with Crippen molar-refractivity contribution >= 4 is 56.4 Å². The van der Waals surface area contributed by atoms with Crippen LogP contribution in [0.5, 0.6) is 5.75 Å². The Labute approximate surface area is 184 Å². The van der Waals surface area contributed by atoms with Crippen LogP contribution in [-0.2, 0) is 14.8 Å². The number of piperidine rings is 1. The SMILES string of the molecule is COc1ccc(S(=O)(=O)N2CCC[C@H](C(=O)Nc3cc(Cl)ccc3Cl)C2)cc1Cl. The number of anilines is 1. The van der Waals surface area contributed by atoms with E-state index >= 15 is 0 Å². The summed E-state index contributed by atoms with van der Waals surface area (Å²) in [4.78, 5) is 12.8. The third-order valence-electron chi connectivity index (χ3n) is 4.70. The molecule has 1 aliphatic heterocycles. The predicted molar refractivity (Wildman–Crippen MR) is 115 cm³/mol. The fourth-order valence-corrected chi connectivity index (χ4v) is 5.37.